The third-order valence-electron chi connectivity index (χ3n) is 4.65. The lowest BCUT2D eigenvalue weighted by molar-refractivity contribution is -0.0904. The predicted molar refractivity (Wildman–Crippen MR) is 108 cm³/mol. The van der Waals surface area contributed by atoms with Crippen molar-refractivity contribution in [3.8, 4) is 12.3 Å². The van der Waals surface area contributed by atoms with Gasteiger partial charge in [-0.15, -0.1) is 6.42 Å². The van der Waals surface area contributed by atoms with Gasteiger partial charge in [0.05, 0.1) is 12.7 Å². The highest BCUT2D eigenvalue weighted by Crippen LogP contribution is 2.66. The molecule has 0 aromatic carbocycles. The van der Waals surface area contributed by atoms with Crippen LogP contribution in [0.1, 0.15) is 13.8 Å². The Morgan fingerprint density at radius 2 is 1.84 bits per heavy atom. The first-order valence-electron chi connectivity index (χ1n) is 8.67. The first kappa shape index (κ1) is 27.0. The van der Waals surface area contributed by atoms with Crippen LogP contribution in [0.4, 0.5) is 0 Å². The molecular weight excluding hydrogens is 493 g/mol. The Bertz CT molecular complexity index is 1020. The number of phosphoric acid groups is 3. The zero-order valence-corrected chi connectivity index (χ0v) is 19.6. The van der Waals surface area contributed by atoms with Crippen LogP contribution in [-0.4, -0.2) is 54.1 Å². The van der Waals surface area contributed by atoms with Gasteiger partial charge in [0.2, 0.25) is 0 Å². The monoisotopic (exact) mass is 516 g/mol. The average molecular weight is 516 g/mol. The van der Waals surface area contributed by atoms with Crippen molar-refractivity contribution in [1.82, 2.24) is 10.2 Å². The lowest BCUT2D eigenvalue weighted by atomic mass is 9.86. The van der Waals surface area contributed by atoms with E-state index in [1.165, 1.54) is 11.8 Å². The second-order valence-corrected chi connectivity index (χ2v) is 11.4. The van der Waals surface area contributed by atoms with Crippen molar-refractivity contribution >= 4 is 23.5 Å². The summed E-state index contributed by atoms with van der Waals surface area (Å²) < 4.78 is 51.7. The van der Waals surface area contributed by atoms with Crippen LogP contribution in [0.5, 0.6) is 0 Å². The van der Waals surface area contributed by atoms with E-state index in [2.05, 4.69) is 37.5 Å². The van der Waals surface area contributed by atoms with Crippen molar-refractivity contribution in [2.45, 2.75) is 31.8 Å². The molecule has 2 aliphatic rings. The van der Waals surface area contributed by atoms with E-state index in [0.29, 0.717) is 11.3 Å². The zero-order chi connectivity index (χ0) is 24.7. The van der Waals surface area contributed by atoms with Crippen molar-refractivity contribution in [2.24, 2.45) is 5.92 Å². The van der Waals surface area contributed by atoms with E-state index in [-0.39, 0.29) is 5.82 Å². The molecule has 3 unspecified atom stereocenters. The van der Waals surface area contributed by atoms with Gasteiger partial charge in [0.15, 0.2) is 11.8 Å². The van der Waals surface area contributed by atoms with E-state index in [0.717, 1.165) is 0 Å². The summed E-state index contributed by atoms with van der Waals surface area (Å²) >= 11 is 0. The number of allylic oxidation sites excluding steroid dienone is 1. The summed E-state index contributed by atoms with van der Waals surface area (Å²) in [6.45, 7) is 10.0. The van der Waals surface area contributed by atoms with Gasteiger partial charge in [-0.2, -0.15) is 8.62 Å². The summed E-state index contributed by atoms with van der Waals surface area (Å²) in [6, 6.07) is 0. The SMILES string of the molecule is C#CC1(O)[C@@H](C)[C@@H](COP(=O)(O)OP(=O)(O)OP(=O)(O)O)O[C@H]1N1C=C(C)C(=C)NC1=C. The molecule has 2 rings (SSSR count). The van der Waals surface area contributed by atoms with Crippen LogP contribution in [0.25, 0.3) is 0 Å². The second-order valence-electron chi connectivity index (χ2n) is 6.94. The molecule has 6 atom stereocenters. The van der Waals surface area contributed by atoms with Gasteiger partial charge < -0.3 is 39.6 Å². The average Bonchev–Trinajstić information content (AvgIpc) is 2.85. The summed E-state index contributed by atoms with van der Waals surface area (Å²) in [5.74, 6) is 1.62. The summed E-state index contributed by atoms with van der Waals surface area (Å²) in [5.41, 5.74) is -0.681. The van der Waals surface area contributed by atoms with E-state index in [9.17, 15) is 28.6 Å². The maximum atomic E-state index is 12.0. The van der Waals surface area contributed by atoms with E-state index in [1.54, 1.807) is 13.1 Å². The normalized spacial score (nSPS) is 32.5. The molecule has 1 fully saturated rings. The van der Waals surface area contributed by atoms with Crippen molar-refractivity contribution in [2.75, 3.05) is 6.61 Å². The van der Waals surface area contributed by atoms with E-state index in [1.807, 2.05) is 0 Å². The molecule has 32 heavy (non-hydrogen) atoms. The third-order valence-corrected chi connectivity index (χ3v) is 8.45. The van der Waals surface area contributed by atoms with Gasteiger partial charge in [-0.1, -0.05) is 26.0 Å². The molecule has 2 aliphatic heterocycles. The van der Waals surface area contributed by atoms with Crippen molar-refractivity contribution in [1.29, 1.82) is 0 Å². The lowest BCUT2D eigenvalue weighted by Gasteiger charge is -2.38. The first-order valence-corrected chi connectivity index (χ1v) is 13.2. The Morgan fingerprint density at radius 1 is 1.25 bits per heavy atom. The van der Waals surface area contributed by atoms with Gasteiger partial charge >= 0.3 is 23.5 Å². The fourth-order valence-electron chi connectivity index (χ4n) is 2.94. The molecule has 17 heteroatoms. The van der Waals surface area contributed by atoms with Crippen LogP contribution in [0, 0.1) is 18.3 Å². The Morgan fingerprint density at radius 3 is 2.38 bits per heavy atom. The molecular formula is C15H23N2O12P3. The molecule has 0 aromatic rings. The molecule has 0 saturated carbocycles. The van der Waals surface area contributed by atoms with Gasteiger partial charge in [-0.3, -0.25) is 4.52 Å². The number of nitrogens with zero attached hydrogens (tertiary/aromatic N) is 1. The first-order chi connectivity index (χ1) is 14.4. The Kier molecular flexibility index (Phi) is 7.72. The third kappa shape index (κ3) is 6.18. The van der Waals surface area contributed by atoms with Gasteiger partial charge in [-0.05, 0) is 12.5 Å². The molecule has 6 N–H and O–H groups in total. The highest BCUT2D eigenvalue weighted by atomic mass is 31.3. The molecule has 0 radical (unpaired) electrons. The van der Waals surface area contributed by atoms with Crippen molar-refractivity contribution < 1.29 is 56.3 Å². The number of hydrogen-bond acceptors (Lipinski definition) is 10. The van der Waals surface area contributed by atoms with Crippen LogP contribution < -0.4 is 5.32 Å². The molecule has 1 saturated heterocycles. The zero-order valence-electron chi connectivity index (χ0n) is 16.9. The number of ether oxygens (including phenoxy) is 1. The van der Waals surface area contributed by atoms with Crippen LogP contribution in [-0.2, 0) is 31.6 Å². The molecule has 0 aliphatic carbocycles. The Labute approximate surface area is 183 Å². The molecule has 0 aromatic heterocycles. The molecule has 0 spiro atoms. The number of nitrogens with one attached hydrogen (secondary N) is 1. The molecule has 0 bridgehead atoms. The highest BCUT2D eigenvalue weighted by molar-refractivity contribution is 7.66. The minimum absolute atomic E-state index is 0.278. The largest absolute Gasteiger partial charge is 0.490 e. The number of hydrogen-bond donors (Lipinski definition) is 6. The molecule has 14 nitrogen and oxygen atoms in total. The number of aliphatic hydroxyl groups is 1. The van der Waals surface area contributed by atoms with Crippen LogP contribution in [0.3, 0.4) is 0 Å². The number of rotatable bonds is 8. The van der Waals surface area contributed by atoms with Crippen LogP contribution in [0.15, 0.2) is 36.4 Å². The predicted octanol–water partition coefficient (Wildman–Crippen LogP) is 0.849. The Balaban J connectivity index is 2.17. The molecule has 180 valence electrons. The van der Waals surface area contributed by atoms with Crippen molar-refractivity contribution in [3.05, 3.63) is 36.4 Å². The lowest BCUT2D eigenvalue weighted by Crippen LogP contribution is -2.52. The fourth-order valence-corrected chi connectivity index (χ4v) is 5.97. The molecule has 2 heterocycles. The fraction of sp³-hybridized carbons (Fsp3) is 0.467. The van der Waals surface area contributed by atoms with Gasteiger partial charge in [0, 0.05) is 17.8 Å². The Hall–Kier alpha value is -1.29. The summed E-state index contributed by atoms with van der Waals surface area (Å²) in [4.78, 5) is 37.4. The van der Waals surface area contributed by atoms with E-state index >= 15 is 0 Å². The minimum Gasteiger partial charge on any atom is -0.373 e. The van der Waals surface area contributed by atoms with Gasteiger partial charge in [0.25, 0.3) is 0 Å². The molecule has 0 amide bonds. The van der Waals surface area contributed by atoms with E-state index < -0.39 is 53.9 Å². The minimum atomic E-state index is -5.67. The number of terminal acetylenes is 1. The maximum absolute atomic E-state index is 12.0. The van der Waals surface area contributed by atoms with Gasteiger partial charge in [-0.25, -0.2) is 13.7 Å². The summed E-state index contributed by atoms with van der Waals surface area (Å²) in [5, 5.41) is 13.9. The van der Waals surface area contributed by atoms with Gasteiger partial charge in [0.1, 0.15) is 5.82 Å². The quantitative estimate of drug-likeness (QED) is 0.196. The highest BCUT2D eigenvalue weighted by Gasteiger charge is 2.56. The topological polar surface area (TPSA) is 205 Å². The van der Waals surface area contributed by atoms with E-state index in [4.69, 9.17) is 20.9 Å². The number of phosphoric ester groups is 1. The van der Waals surface area contributed by atoms with Crippen LogP contribution in [0.2, 0.25) is 0 Å². The van der Waals surface area contributed by atoms with Crippen LogP contribution >= 0.6 is 23.5 Å². The maximum Gasteiger partial charge on any atom is 0.490 e. The van der Waals surface area contributed by atoms with Crippen molar-refractivity contribution in [3.63, 3.8) is 0 Å². The summed E-state index contributed by atoms with van der Waals surface area (Å²) in [6.07, 6.45) is 4.76. The smallest absolute Gasteiger partial charge is 0.373 e. The second kappa shape index (κ2) is 9.16. The summed E-state index contributed by atoms with van der Waals surface area (Å²) in [7, 11) is -16.6. The standard InChI is InChI=1S/C15H23N2O12P3/c1-6-15(18)10(3)13(27-14(15)17-7-9(2)11(4)16-12(17)5)8-26-31(22,23)29-32(24,25)28-30(19,20)21/h1,7,10,13-14,16,18H,4-5,8H2,2-3H3,(H,22,23)(H,24,25)(H2,19,20,21)/t10-,13+,14+,15?/m0/s1.